The summed E-state index contributed by atoms with van der Waals surface area (Å²) >= 11 is 0. The Labute approximate surface area is 115 Å². The molecule has 5 heteroatoms. The van der Waals surface area contributed by atoms with E-state index in [9.17, 15) is 4.39 Å². The minimum Gasteiger partial charge on any atom is -0.454 e. The molecule has 100 valence electrons. The van der Waals surface area contributed by atoms with Gasteiger partial charge < -0.3 is 14.8 Å². The average molecular weight is 270 g/mol. The molecule has 0 radical (unpaired) electrons. The van der Waals surface area contributed by atoms with Crippen LogP contribution < -0.4 is 14.8 Å². The lowest BCUT2D eigenvalue weighted by atomic mass is 10.1. The Kier molecular flexibility index (Phi) is 3.13. The van der Waals surface area contributed by atoms with Crippen molar-refractivity contribution in [3.8, 4) is 17.6 Å². The summed E-state index contributed by atoms with van der Waals surface area (Å²) < 4.78 is 23.7. The van der Waals surface area contributed by atoms with Gasteiger partial charge in [-0.3, -0.25) is 0 Å². The van der Waals surface area contributed by atoms with Crippen LogP contribution in [0.15, 0.2) is 36.4 Å². The molecule has 0 fully saturated rings. The van der Waals surface area contributed by atoms with Crippen molar-refractivity contribution < 1.29 is 13.9 Å². The standard InChI is InChI=1S/C15H11FN2O2/c16-13-3-1-10(5-11(13)7-17)8-18-12-2-4-14-15(6-12)20-9-19-14/h1-6,18H,8-9H2. The van der Waals surface area contributed by atoms with Gasteiger partial charge in [-0.25, -0.2) is 4.39 Å². The number of anilines is 1. The third-order valence-electron chi connectivity index (χ3n) is 3.02. The molecular formula is C15H11FN2O2. The molecule has 0 atom stereocenters. The summed E-state index contributed by atoms with van der Waals surface area (Å²) in [4.78, 5) is 0. The van der Waals surface area contributed by atoms with Crippen LogP contribution in [0.2, 0.25) is 0 Å². The smallest absolute Gasteiger partial charge is 0.231 e. The number of rotatable bonds is 3. The molecule has 0 spiro atoms. The van der Waals surface area contributed by atoms with Gasteiger partial charge in [0.1, 0.15) is 11.9 Å². The molecular weight excluding hydrogens is 259 g/mol. The van der Waals surface area contributed by atoms with Crippen LogP contribution in [0.1, 0.15) is 11.1 Å². The van der Waals surface area contributed by atoms with Crippen LogP contribution in [0.3, 0.4) is 0 Å². The molecule has 0 saturated carbocycles. The average Bonchev–Trinajstić information content (AvgIpc) is 2.94. The summed E-state index contributed by atoms with van der Waals surface area (Å²) in [6, 6.07) is 11.9. The second kappa shape index (κ2) is 5.10. The molecule has 3 rings (SSSR count). The number of nitriles is 1. The highest BCUT2D eigenvalue weighted by Crippen LogP contribution is 2.34. The van der Waals surface area contributed by atoms with Crippen LogP contribution in [-0.2, 0) is 6.54 Å². The molecule has 2 aromatic carbocycles. The predicted molar refractivity (Wildman–Crippen MR) is 71.0 cm³/mol. The number of ether oxygens (including phenoxy) is 2. The van der Waals surface area contributed by atoms with Crippen molar-refractivity contribution in [3.63, 3.8) is 0 Å². The Hall–Kier alpha value is -2.74. The Balaban J connectivity index is 1.72. The van der Waals surface area contributed by atoms with Gasteiger partial charge >= 0.3 is 0 Å². The first-order valence-corrected chi connectivity index (χ1v) is 6.08. The van der Waals surface area contributed by atoms with Crippen LogP contribution in [0.4, 0.5) is 10.1 Å². The Bertz CT molecular complexity index is 695. The molecule has 1 heterocycles. The van der Waals surface area contributed by atoms with E-state index in [-0.39, 0.29) is 12.4 Å². The van der Waals surface area contributed by atoms with Crippen molar-refractivity contribution in [1.82, 2.24) is 0 Å². The summed E-state index contributed by atoms with van der Waals surface area (Å²) in [5, 5.41) is 12.0. The fraction of sp³-hybridized carbons (Fsp3) is 0.133. The van der Waals surface area contributed by atoms with Crippen molar-refractivity contribution in [2.45, 2.75) is 6.54 Å². The van der Waals surface area contributed by atoms with E-state index in [0.29, 0.717) is 12.3 Å². The van der Waals surface area contributed by atoms with Gasteiger partial charge in [-0.15, -0.1) is 0 Å². The molecule has 20 heavy (non-hydrogen) atoms. The minimum atomic E-state index is -0.501. The maximum atomic E-state index is 13.2. The molecule has 1 aliphatic heterocycles. The second-order valence-electron chi connectivity index (χ2n) is 4.35. The molecule has 1 N–H and O–H groups in total. The van der Waals surface area contributed by atoms with Crippen LogP contribution in [0, 0.1) is 17.1 Å². The number of benzene rings is 2. The molecule has 0 aliphatic carbocycles. The molecule has 1 aliphatic rings. The zero-order chi connectivity index (χ0) is 13.9. The summed E-state index contributed by atoms with van der Waals surface area (Å²) in [7, 11) is 0. The van der Waals surface area contributed by atoms with Gasteiger partial charge in [0.05, 0.1) is 5.56 Å². The normalized spacial score (nSPS) is 12.0. The summed E-state index contributed by atoms with van der Waals surface area (Å²) in [6.45, 7) is 0.733. The lowest BCUT2D eigenvalue weighted by Gasteiger charge is -2.08. The fourth-order valence-corrected chi connectivity index (χ4v) is 1.98. The van der Waals surface area contributed by atoms with Crippen molar-refractivity contribution in [2.75, 3.05) is 12.1 Å². The maximum Gasteiger partial charge on any atom is 0.231 e. The number of fused-ring (bicyclic) bond motifs is 1. The summed E-state index contributed by atoms with van der Waals surface area (Å²) in [6.07, 6.45) is 0. The van der Waals surface area contributed by atoms with Gasteiger partial charge in [0.25, 0.3) is 0 Å². The van der Waals surface area contributed by atoms with Crippen molar-refractivity contribution in [1.29, 1.82) is 5.26 Å². The van der Waals surface area contributed by atoms with E-state index in [1.165, 1.54) is 12.1 Å². The molecule has 4 nitrogen and oxygen atoms in total. The lowest BCUT2D eigenvalue weighted by molar-refractivity contribution is 0.174. The van der Waals surface area contributed by atoms with E-state index < -0.39 is 5.82 Å². The van der Waals surface area contributed by atoms with Gasteiger partial charge in [-0.2, -0.15) is 5.26 Å². The Morgan fingerprint density at radius 1 is 1.15 bits per heavy atom. The molecule has 0 unspecified atom stereocenters. The maximum absolute atomic E-state index is 13.2. The van der Waals surface area contributed by atoms with Crippen LogP contribution in [0.5, 0.6) is 11.5 Å². The van der Waals surface area contributed by atoms with Crippen molar-refractivity contribution in [3.05, 3.63) is 53.3 Å². The first kappa shape index (κ1) is 12.3. The number of hydrogen-bond acceptors (Lipinski definition) is 4. The summed E-state index contributed by atoms with van der Waals surface area (Å²) in [5.74, 6) is 0.926. The second-order valence-corrected chi connectivity index (χ2v) is 4.35. The summed E-state index contributed by atoms with van der Waals surface area (Å²) in [5.41, 5.74) is 1.76. The van der Waals surface area contributed by atoms with E-state index >= 15 is 0 Å². The zero-order valence-corrected chi connectivity index (χ0v) is 10.5. The highest BCUT2D eigenvalue weighted by atomic mass is 19.1. The highest BCUT2D eigenvalue weighted by Gasteiger charge is 2.13. The van der Waals surface area contributed by atoms with Gasteiger partial charge in [-0.05, 0) is 29.8 Å². The van der Waals surface area contributed by atoms with Crippen LogP contribution >= 0.6 is 0 Å². The quantitative estimate of drug-likeness (QED) is 0.931. The Morgan fingerprint density at radius 2 is 2.00 bits per heavy atom. The topological polar surface area (TPSA) is 54.3 Å². The number of hydrogen-bond donors (Lipinski definition) is 1. The van der Waals surface area contributed by atoms with E-state index in [4.69, 9.17) is 14.7 Å². The van der Waals surface area contributed by atoms with Gasteiger partial charge in [-0.1, -0.05) is 6.07 Å². The highest BCUT2D eigenvalue weighted by molar-refractivity contribution is 5.55. The zero-order valence-electron chi connectivity index (χ0n) is 10.5. The predicted octanol–water partition coefficient (Wildman–Crippen LogP) is 3.04. The molecule has 2 aromatic rings. The monoisotopic (exact) mass is 270 g/mol. The van der Waals surface area contributed by atoms with Gasteiger partial charge in [0.2, 0.25) is 6.79 Å². The molecule has 0 bridgehead atoms. The van der Waals surface area contributed by atoms with Gasteiger partial charge in [0, 0.05) is 18.3 Å². The fourth-order valence-electron chi connectivity index (χ4n) is 1.98. The minimum absolute atomic E-state index is 0.0509. The third kappa shape index (κ3) is 2.36. The number of nitrogens with zero attached hydrogens (tertiary/aromatic N) is 1. The third-order valence-corrected chi connectivity index (χ3v) is 3.02. The lowest BCUT2D eigenvalue weighted by Crippen LogP contribution is -2.00. The molecule has 0 saturated heterocycles. The molecule has 0 amide bonds. The van der Waals surface area contributed by atoms with Gasteiger partial charge in [0.15, 0.2) is 11.5 Å². The SMILES string of the molecule is N#Cc1cc(CNc2ccc3c(c2)OCO3)ccc1F. The van der Waals surface area contributed by atoms with E-state index in [1.807, 2.05) is 24.3 Å². The molecule has 0 aromatic heterocycles. The number of nitrogens with one attached hydrogen (secondary N) is 1. The first-order valence-electron chi connectivity index (χ1n) is 6.08. The van der Waals surface area contributed by atoms with Crippen molar-refractivity contribution >= 4 is 5.69 Å². The Morgan fingerprint density at radius 3 is 2.85 bits per heavy atom. The van der Waals surface area contributed by atoms with Crippen LogP contribution in [-0.4, -0.2) is 6.79 Å². The number of halogens is 1. The first-order chi connectivity index (χ1) is 9.76. The largest absolute Gasteiger partial charge is 0.454 e. The van der Waals surface area contributed by atoms with E-state index in [0.717, 1.165) is 17.0 Å². The van der Waals surface area contributed by atoms with Crippen LogP contribution in [0.25, 0.3) is 0 Å². The van der Waals surface area contributed by atoms with E-state index in [2.05, 4.69) is 5.32 Å². The van der Waals surface area contributed by atoms with Crippen molar-refractivity contribution in [2.24, 2.45) is 0 Å². The van der Waals surface area contributed by atoms with E-state index in [1.54, 1.807) is 6.07 Å².